The van der Waals surface area contributed by atoms with Gasteiger partial charge in [0.25, 0.3) is 0 Å². The minimum Gasteiger partial charge on any atom is -0.478 e. The van der Waals surface area contributed by atoms with Crippen LogP contribution in [0.25, 0.3) is 0 Å². The Morgan fingerprint density at radius 3 is 2.59 bits per heavy atom. The number of hydrogen-bond donors (Lipinski definition) is 2. The number of hydrogen-bond acceptors (Lipinski definition) is 6. The first-order valence-electron chi connectivity index (χ1n) is 11.3. The highest BCUT2D eigenvalue weighted by Gasteiger charge is 2.74. The van der Waals surface area contributed by atoms with Gasteiger partial charge in [0.2, 0.25) is 5.60 Å². The predicted molar refractivity (Wildman–Crippen MR) is 111 cm³/mol. The third-order valence-corrected chi connectivity index (χ3v) is 8.84. The average Bonchev–Trinajstić information content (AvgIpc) is 2.91. The zero-order valence-corrected chi connectivity index (χ0v) is 18.8. The molecule has 32 heavy (non-hydrogen) atoms. The molecule has 3 fully saturated rings. The number of allylic oxidation sites excluding steroid dienone is 4. The van der Waals surface area contributed by atoms with Gasteiger partial charge in [-0.3, -0.25) is 4.79 Å². The van der Waals surface area contributed by atoms with E-state index in [0.29, 0.717) is 12.0 Å². The van der Waals surface area contributed by atoms with Gasteiger partial charge in [-0.2, -0.15) is 0 Å². The van der Waals surface area contributed by atoms with Crippen LogP contribution in [0.2, 0.25) is 0 Å². The van der Waals surface area contributed by atoms with Crippen LogP contribution in [-0.4, -0.2) is 52.6 Å². The number of carboxylic acids is 1. The highest BCUT2D eigenvalue weighted by molar-refractivity contribution is 6.01. The van der Waals surface area contributed by atoms with Crippen molar-refractivity contribution in [3.63, 3.8) is 0 Å². The standard InChI is InChI=1S/C24H31FO7/c1-5-31-21(30)32-24(20(28)29)12(2)8-15-14-10-17(25)16-9-13(26)6-7-22(16,3)19(14)18(27)11-23(15,24)4/h6-7,9,12,14-15,17-19,27H,5,8,10-11H2,1-4H3,(H,28,29)/t12-,14+,15+,17+,18+,19-,22+,23+,24+/m1/s1. The van der Waals surface area contributed by atoms with Gasteiger partial charge in [-0.15, -0.1) is 0 Å². The van der Waals surface area contributed by atoms with Crippen LogP contribution in [-0.2, 0) is 19.1 Å². The molecule has 9 atom stereocenters. The molecule has 8 heteroatoms. The van der Waals surface area contributed by atoms with Crippen LogP contribution >= 0.6 is 0 Å². The van der Waals surface area contributed by atoms with E-state index in [1.165, 1.54) is 12.2 Å². The van der Waals surface area contributed by atoms with Gasteiger partial charge in [0.1, 0.15) is 6.17 Å². The van der Waals surface area contributed by atoms with E-state index in [1.807, 2.05) is 6.92 Å². The van der Waals surface area contributed by atoms with Crippen LogP contribution in [0.15, 0.2) is 23.8 Å². The number of aliphatic carboxylic acids is 1. The number of ketones is 1. The molecule has 0 aromatic rings. The van der Waals surface area contributed by atoms with Crippen LogP contribution in [0, 0.1) is 34.5 Å². The van der Waals surface area contributed by atoms with Crippen molar-refractivity contribution in [2.45, 2.75) is 64.8 Å². The third kappa shape index (κ3) is 2.84. The van der Waals surface area contributed by atoms with Crippen molar-refractivity contribution in [3.05, 3.63) is 23.8 Å². The SMILES string of the molecule is CCOC(=O)O[C@]1(C(=O)O)[C@H](C)C[C@H]2[C@@H]3C[C@H](F)C4=CC(=O)C=C[C@]4(C)[C@H]3[C@@H](O)C[C@@]21C. The Morgan fingerprint density at radius 1 is 1.28 bits per heavy atom. The molecule has 0 unspecified atom stereocenters. The van der Waals surface area contributed by atoms with E-state index in [2.05, 4.69) is 0 Å². The lowest BCUT2D eigenvalue weighted by Gasteiger charge is -2.59. The molecule has 0 saturated heterocycles. The first-order chi connectivity index (χ1) is 14.9. The van der Waals surface area contributed by atoms with E-state index >= 15 is 4.39 Å². The number of alkyl halides is 1. The lowest BCUT2D eigenvalue weighted by atomic mass is 9.46. The van der Waals surface area contributed by atoms with Gasteiger partial charge in [0, 0.05) is 22.7 Å². The molecule has 7 nitrogen and oxygen atoms in total. The molecule has 0 radical (unpaired) electrons. The molecule has 0 amide bonds. The third-order valence-electron chi connectivity index (χ3n) is 8.84. The van der Waals surface area contributed by atoms with E-state index in [9.17, 15) is 24.6 Å². The maximum atomic E-state index is 15.4. The van der Waals surface area contributed by atoms with Crippen molar-refractivity contribution in [1.29, 1.82) is 0 Å². The highest BCUT2D eigenvalue weighted by atomic mass is 19.1. The van der Waals surface area contributed by atoms with Gasteiger partial charge in [-0.1, -0.05) is 26.8 Å². The minimum absolute atomic E-state index is 0.0401. The van der Waals surface area contributed by atoms with Crippen LogP contribution in [0.4, 0.5) is 9.18 Å². The Kier molecular flexibility index (Phi) is 5.31. The molecule has 0 bridgehead atoms. The van der Waals surface area contributed by atoms with Crippen molar-refractivity contribution in [2.24, 2.45) is 34.5 Å². The molecule has 0 spiro atoms. The molecule has 0 aliphatic heterocycles. The first-order valence-corrected chi connectivity index (χ1v) is 11.3. The molecule has 3 saturated carbocycles. The summed E-state index contributed by atoms with van der Waals surface area (Å²) in [5.41, 5.74) is -3.46. The van der Waals surface area contributed by atoms with Crippen LogP contribution in [0.3, 0.4) is 0 Å². The summed E-state index contributed by atoms with van der Waals surface area (Å²) in [7, 11) is 0. The van der Waals surface area contributed by atoms with Gasteiger partial charge < -0.3 is 19.7 Å². The van der Waals surface area contributed by atoms with Crippen LogP contribution < -0.4 is 0 Å². The topological polar surface area (TPSA) is 110 Å². The molecule has 4 rings (SSSR count). The normalized spacial score (nSPS) is 47.1. The fraction of sp³-hybridized carbons (Fsp3) is 0.708. The first kappa shape index (κ1) is 23.0. The summed E-state index contributed by atoms with van der Waals surface area (Å²) in [6.45, 7) is 6.94. The summed E-state index contributed by atoms with van der Waals surface area (Å²) in [5, 5.41) is 21.7. The smallest absolute Gasteiger partial charge is 0.478 e. The number of carboxylic acid groups (broad SMARTS) is 1. The zero-order chi connectivity index (χ0) is 23.6. The van der Waals surface area contributed by atoms with Gasteiger partial charge >= 0.3 is 12.1 Å². The number of halogens is 1. The van der Waals surface area contributed by atoms with E-state index in [0.717, 1.165) is 0 Å². The summed E-state index contributed by atoms with van der Waals surface area (Å²) in [6, 6.07) is 0. The van der Waals surface area contributed by atoms with Gasteiger partial charge in [0.05, 0.1) is 12.7 Å². The molecule has 0 heterocycles. The number of carbonyl (C=O) groups is 3. The molecular formula is C24H31FO7. The molecule has 176 valence electrons. The Labute approximate surface area is 186 Å². The Morgan fingerprint density at radius 2 is 1.97 bits per heavy atom. The monoisotopic (exact) mass is 450 g/mol. The van der Waals surface area contributed by atoms with Crippen molar-refractivity contribution < 1.29 is 38.5 Å². The molecular weight excluding hydrogens is 419 g/mol. The maximum Gasteiger partial charge on any atom is 0.509 e. The number of aliphatic hydroxyl groups excluding tert-OH is 1. The molecule has 0 aromatic carbocycles. The lowest BCUT2D eigenvalue weighted by Crippen LogP contribution is -2.64. The zero-order valence-electron chi connectivity index (χ0n) is 18.8. The fourth-order valence-corrected chi connectivity index (χ4v) is 7.65. The number of fused-ring (bicyclic) bond motifs is 5. The van der Waals surface area contributed by atoms with Crippen LogP contribution in [0.1, 0.15) is 47.0 Å². The lowest BCUT2D eigenvalue weighted by molar-refractivity contribution is -0.203. The fourth-order valence-electron chi connectivity index (χ4n) is 7.65. The van der Waals surface area contributed by atoms with Crippen molar-refractivity contribution in [2.75, 3.05) is 6.61 Å². The second kappa shape index (κ2) is 7.40. The number of rotatable bonds is 3. The molecule has 4 aliphatic carbocycles. The van der Waals surface area contributed by atoms with Crippen molar-refractivity contribution in [1.82, 2.24) is 0 Å². The van der Waals surface area contributed by atoms with Crippen LogP contribution in [0.5, 0.6) is 0 Å². The Hall–Kier alpha value is -2.22. The number of carbonyl (C=O) groups excluding carboxylic acids is 2. The van der Waals surface area contributed by atoms with Gasteiger partial charge in [-0.05, 0) is 55.7 Å². The van der Waals surface area contributed by atoms with E-state index in [-0.39, 0.29) is 43.0 Å². The van der Waals surface area contributed by atoms with E-state index in [4.69, 9.17) is 9.47 Å². The second-order valence-electron chi connectivity index (χ2n) is 10.3. The number of aliphatic hydroxyl groups is 1. The Balaban J connectivity index is 1.79. The molecule has 0 aromatic heterocycles. The van der Waals surface area contributed by atoms with E-state index in [1.54, 1.807) is 26.8 Å². The summed E-state index contributed by atoms with van der Waals surface area (Å²) >= 11 is 0. The second-order valence-corrected chi connectivity index (χ2v) is 10.3. The Bertz CT molecular complexity index is 912. The summed E-state index contributed by atoms with van der Waals surface area (Å²) < 4.78 is 25.9. The van der Waals surface area contributed by atoms with E-state index < -0.39 is 46.7 Å². The van der Waals surface area contributed by atoms with Crippen molar-refractivity contribution >= 4 is 17.9 Å². The molecule has 2 N–H and O–H groups in total. The summed E-state index contributed by atoms with van der Waals surface area (Å²) in [4.78, 5) is 36.8. The van der Waals surface area contributed by atoms with Gasteiger partial charge in [0.15, 0.2) is 5.78 Å². The highest BCUT2D eigenvalue weighted by Crippen LogP contribution is 2.69. The molecule has 4 aliphatic rings. The quantitative estimate of drug-likeness (QED) is 0.634. The number of ether oxygens (including phenoxy) is 2. The summed E-state index contributed by atoms with van der Waals surface area (Å²) in [5.74, 6) is -3.11. The van der Waals surface area contributed by atoms with Gasteiger partial charge in [-0.25, -0.2) is 14.0 Å². The predicted octanol–water partition coefficient (Wildman–Crippen LogP) is 3.46. The summed E-state index contributed by atoms with van der Waals surface area (Å²) in [6.07, 6.45) is 1.64. The average molecular weight is 451 g/mol. The largest absolute Gasteiger partial charge is 0.509 e. The maximum absolute atomic E-state index is 15.4. The minimum atomic E-state index is -1.89. The van der Waals surface area contributed by atoms with Crippen molar-refractivity contribution in [3.8, 4) is 0 Å².